The highest BCUT2D eigenvalue weighted by Crippen LogP contribution is 2.23. The van der Waals surface area contributed by atoms with Gasteiger partial charge in [-0.05, 0) is 35.4 Å². The van der Waals surface area contributed by atoms with Crippen LogP contribution in [-0.4, -0.2) is 18.0 Å². The monoisotopic (exact) mass is 286 g/mol. The van der Waals surface area contributed by atoms with Crippen molar-refractivity contribution in [2.45, 2.75) is 33.3 Å². The summed E-state index contributed by atoms with van der Waals surface area (Å²) >= 11 is 0. The highest BCUT2D eigenvalue weighted by Gasteiger charge is 2.08. The zero-order valence-corrected chi connectivity index (χ0v) is 12.4. The third-order valence-electron chi connectivity index (χ3n) is 3.03. The Hall–Kier alpha value is -2.36. The predicted octanol–water partition coefficient (Wildman–Crippen LogP) is 3.26. The third kappa shape index (κ3) is 4.31. The van der Waals surface area contributed by atoms with Crippen LogP contribution in [0.5, 0.6) is 5.75 Å². The first-order valence-corrected chi connectivity index (χ1v) is 6.82. The lowest BCUT2D eigenvalue weighted by molar-refractivity contribution is -0.145. The maximum absolute atomic E-state index is 10.9. The smallest absolute Gasteiger partial charge is 0.308 e. The van der Waals surface area contributed by atoms with Crippen molar-refractivity contribution in [2.75, 3.05) is 0 Å². The molecule has 0 aliphatic rings. The van der Waals surface area contributed by atoms with Gasteiger partial charge in [-0.25, -0.2) is 0 Å². The molecule has 0 aliphatic heterocycles. The molecule has 0 aromatic heterocycles. The molecule has 0 aliphatic carbocycles. The van der Waals surface area contributed by atoms with Crippen LogP contribution >= 0.6 is 0 Å². The van der Waals surface area contributed by atoms with Crippen molar-refractivity contribution >= 4 is 22.7 Å². The Labute approximate surface area is 123 Å². The molecule has 0 spiro atoms. The lowest BCUT2D eigenvalue weighted by Crippen LogP contribution is -2.14. The minimum atomic E-state index is -0.332. The SMILES string of the molecule is CC(=O)Oc1ccc2cc(CC(C)OC(C)=O)ccc2c1. The molecule has 2 aromatic rings. The van der Waals surface area contributed by atoms with Crippen LogP contribution in [0.25, 0.3) is 10.8 Å². The van der Waals surface area contributed by atoms with Crippen molar-refractivity contribution < 1.29 is 19.1 Å². The maximum Gasteiger partial charge on any atom is 0.308 e. The average molecular weight is 286 g/mol. The topological polar surface area (TPSA) is 52.6 Å². The fourth-order valence-corrected chi connectivity index (χ4v) is 2.29. The molecule has 0 N–H and O–H groups in total. The molecule has 4 heteroatoms. The van der Waals surface area contributed by atoms with Gasteiger partial charge in [-0.2, -0.15) is 0 Å². The Morgan fingerprint density at radius 1 is 1.00 bits per heavy atom. The van der Waals surface area contributed by atoms with E-state index in [1.807, 2.05) is 37.3 Å². The summed E-state index contributed by atoms with van der Waals surface area (Å²) in [5, 5.41) is 2.05. The minimum Gasteiger partial charge on any atom is -0.463 e. The van der Waals surface area contributed by atoms with Crippen LogP contribution in [0.4, 0.5) is 0 Å². The van der Waals surface area contributed by atoms with Crippen LogP contribution in [0.2, 0.25) is 0 Å². The average Bonchev–Trinajstić information content (AvgIpc) is 2.37. The maximum atomic E-state index is 10.9. The van der Waals surface area contributed by atoms with Crippen molar-refractivity contribution in [1.82, 2.24) is 0 Å². The molecule has 0 saturated carbocycles. The van der Waals surface area contributed by atoms with Gasteiger partial charge >= 0.3 is 11.9 Å². The largest absolute Gasteiger partial charge is 0.463 e. The van der Waals surface area contributed by atoms with Gasteiger partial charge in [-0.3, -0.25) is 9.59 Å². The summed E-state index contributed by atoms with van der Waals surface area (Å²) < 4.78 is 10.2. The first-order chi connectivity index (χ1) is 9.94. The van der Waals surface area contributed by atoms with Crippen LogP contribution in [0.3, 0.4) is 0 Å². The van der Waals surface area contributed by atoms with E-state index in [4.69, 9.17) is 9.47 Å². The van der Waals surface area contributed by atoms with E-state index in [0.717, 1.165) is 16.3 Å². The molecule has 1 atom stereocenters. The molecular formula is C17H18O4. The van der Waals surface area contributed by atoms with Crippen molar-refractivity contribution in [3.05, 3.63) is 42.0 Å². The molecule has 2 aromatic carbocycles. The summed E-state index contributed by atoms with van der Waals surface area (Å²) in [5.41, 5.74) is 1.09. The summed E-state index contributed by atoms with van der Waals surface area (Å²) in [7, 11) is 0. The van der Waals surface area contributed by atoms with Crippen molar-refractivity contribution in [3.63, 3.8) is 0 Å². The van der Waals surface area contributed by atoms with Gasteiger partial charge in [-0.15, -0.1) is 0 Å². The molecular weight excluding hydrogens is 268 g/mol. The van der Waals surface area contributed by atoms with E-state index in [9.17, 15) is 9.59 Å². The predicted molar refractivity (Wildman–Crippen MR) is 80.2 cm³/mol. The van der Waals surface area contributed by atoms with Gasteiger partial charge in [0.25, 0.3) is 0 Å². The quantitative estimate of drug-likeness (QED) is 0.639. The van der Waals surface area contributed by atoms with E-state index < -0.39 is 0 Å². The summed E-state index contributed by atoms with van der Waals surface area (Å²) in [4.78, 5) is 21.9. The summed E-state index contributed by atoms with van der Waals surface area (Å²) in [5.74, 6) is -0.0634. The number of hydrogen-bond donors (Lipinski definition) is 0. The molecule has 0 radical (unpaired) electrons. The highest BCUT2D eigenvalue weighted by molar-refractivity contribution is 5.85. The molecule has 4 nitrogen and oxygen atoms in total. The number of carbonyl (C=O) groups is 2. The van der Waals surface area contributed by atoms with Gasteiger partial charge in [0.1, 0.15) is 11.9 Å². The summed E-state index contributed by atoms with van der Waals surface area (Å²) in [6, 6.07) is 11.5. The van der Waals surface area contributed by atoms with Crippen LogP contribution in [0.15, 0.2) is 36.4 Å². The fraction of sp³-hybridized carbons (Fsp3) is 0.294. The van der Waals surface area contributed by atoms with E-state index in [1.165, 1.54) is 13.8 Å². The molecule has 1 unspecified atom stereocenters. The summed E-state index contributed by atoms with van der Waals surface area (Å²) in [6.07, 6.45) is 0.515. The van der Waals surface area contributed by atoms with Gasteiger partial charge in [0.2, 0.25) is 0 Å². The van der Waals surface area contributed by atoms with Crippen LogP contribution in [-0.2, 0) is 20.7 Å². The van der Waals surface area contributed by atoms with Crippen LogP contribution in [0.1, 0.15) is 26.3 Å². The second-order valence-corrected chi connectivity index (χ2v) is 5.06. The van der Waals surface area contributed by atoms with E-state index in [2.05, 4.69) is 0 Å². The van der Waals surface area contributed by atoms with Gasteiger partial charge in [0.15, 0.2) is 0 Å². The Morgan fingerprint density at radius 3 is 2.33 bits per heavy atom. The number of hydrogen-bond acceptors (Lipinski definition) is 4. The van der Waals surface area contributed by atoms with Crippen molar-refractivity contribution in [1.29, 1.82) is 0 Å². The molecule has 21 heavy (non-hydrogen) atoms. The molecule has 0 saturated heterocycles. The van der Waals surface area contributed by atoms with E-state index >= 15 is 0 Å². The minimum absolute atomic E-state index is 0.153. The normalized spacial score (nSPS) is 12.0. The Morgan fingerprint density at radius 2 is 1.67 bits per heavy atom. The Bertz CT molecular complexity index is 676. The van der Waals surface area contributed by atoms with Crippen LogP contribution in [0, 0.1) is 0 Å². The first kappa shape index (κ1) is 15.0. The fourth-order valence-electron chi connectivity index (χ4n) is 2.29. The van der Waals surface area contributed by atoms with Gasteiger partial charge in [-0.1, -0.05) is 24.3 Å². The standard InChI is InChI=1S/C17H18O4/c1-11(20-12(2)18)8-14-4-5-16-10-17(21-13(3)19)7-6-15(16)9-14/h4-7,9-11H,8H2,1-3H3. The van der Waals surface area contributed by atoms with E-state index in [0.29, 0.717) is 12.2 Å². The summed E-state index contributed by atoms with van der Waals surface area (Å²) in [6.45, 7) is 4.66. The molecule has 0 fully saturated rings. The number of benzene rings is 2. The highest BCUT2D eigenvalue weighted by atomic mass is 16.5. The van der Waals surface area contributed by atoms with Gasteiger partial charge in [0.05, 0.1) is 0 Å². The zero-order chi connectivity index (χ0) is 15.4. The van der Waals surface area contributed by atoms with Crippen molar-refractivity contribution in [3.8, 4) is 5.75 Å². The Kier molecular flexibility index (Phi) is 4.58. The molecule has 0 amide bonds. The lowest BCUT2D eigenvalue weighted by atomic mass is 10.0. The second kappa shape index (κ2) is 6.39. The number of carbonyl (C=O) groups excluding carboxylic acids is 2. The third-order valence-corrected chi connectivity index (χ3v) is 3.03. The second-order valence-electron chi connectivity index (χ2n) is 5.06. The van der Waals surface area contributed by atoms with Crippen LogP contribution < -0.4 is 4.74 Å². The molecule has 0 bridgehead atoms. The lowest BCUT2D eigenvalue weighted by Gasteiger charge is -2.12. The Balaban J connectivity index is 2.18. The number of ether oxygens (including phenoxy) is 2. The van der Waals surface area contributed by atoms with Gasteiger partial charge in [0, 0.05) is 20.3 Å². The number of rotatable bonds is 4. The number of fused-ring (bicyclic) bond motifs is 1. The molecule has 0 heterocycles. The van der Waals surface area contributed by atoms with E-state index in [1.54, 1.807) is 6.07 Å². The zero-order valence-electron chi connectivity index (χ0n) is 12.4. The number of esters is 2. The van der Waals surface area contributed by atoms with Gasteiger partial charge < -0.3 is 9.47 Å². The first-order valence-electron chi connectivity index (χ1n) is 6.82. The van der Waals surface area contributed by atoms with E-state index in [-0.39, 0.29) is 18.0 Å². The molecule has 110 valence electrons. The van der Waals surface area contributed by atoms with Crippen molar-refractivity contribution in [2.24, 2.45) is 0 Å². The molecule has 2 rings (SSSR count).